The maximum atomic E-state index is 5.53. The Labute approximate surface area is 108 Å². The molecule has 0 bridgehead atoms. The van der Waals surface area contributed by atoms with Crippen LogP contribution in [0.5, 0.6) is 0 Å². The molecule has 1 fully saturated rings. The van der Waals surface area contributed by atoms with Gasteiger partial charge in [0.05, 0.1) is 12.3 Å². The van der Waals surface area contributed by atoms with Crippen LogP contribution in [0.25, 0.3) is 0 Å². The number of hydrogen-bond acceptors (Lipinski definition) is 7. The predicted molar refractivity (Wildman–Crippen MR) is 66.2 cm³/mol. The van der Waals surface area contributed by atoms with E-state index in [2.05, 4.69) is 20.5 Å². The number of ether oxygens (including phenoxy) is 1. The minimum absolute atomic E-state index is 0.399. The largest absolute Gasteiger partial charge is 0.381 e. The molecule has 7 nitrogen and oxygen atoms in total. The lowest BCUT2D eigenvalue weighted by Gasteiger charge is -2.00. The Hall–Kier alpha value is -1.54. The van der Waals surface area contributed by atoms with Crippen LogP contribution in [-0.4, -0.2) is 38.4 Å². The van der Waals surface area contributed by atoms with Gasteiger partial charge in [-0.2, -0.15) is 0 Å². The summed E-state index contributed by atoms with van der Waals surface area (Å²) in [6, 6.07) is 0. The van der Waals surface area contributed by atoms with Crippen molar-refractivity contribution in [3.05, 3.63) is 16.9 Å². The third-order valence-corrected chi connectivity index (χ3v) is 3.75. The van der Waals surface area contributed by atoms with Gasteiger partial charge in [-0.05, 0) is 6.42 Å². The third kappa shape index (κ3) is 2.49. The van der Waals surface area contributed by atoms with E-state index < -0.39 is 0 Å². The Bertz CT molecular complexity index is 518. The summed E-state index contributed by atoms with van der Waals surface area (Å²) >= 11 is 1.41. The standard InChI is InChI=1S/C10H14N6OS/c11-10-14-13-9(18-10)1-3-16-5-8(12-15-16)7-2-4-17-6-7/h5,7H,1-4,6H2,(H2,11,14). The summed E-state index contributed by atoms with van der Waals surface area (Å²) in [7, 11) is 0. The smallest absolute Gasteiger partial charge is 0.203 e. The lowest BCUT2D eigenvalue weighted by Crippen LogP contribution is -2.02. The van der Waals surface area contributed by atoms with Gasteiger partial charge in [-0.25, -0.2) is 0 Å². The molecule has 0 aromatic carbocycles. The minimum atomic E-state index is 0.399. The monoisotopic (exact) mass is 266 g/mol. The number of aromatic nitrogens is 5. The molecule has 0 aliphatic carbocycles. The van der Waals surface area contributed by atoms with E-state index in [4.69, 9.17) is 10.5 Å². The van der Waals surface area contributed by atoms with Crippen molar-refractivity contribution in [3.63, 3.8) is 0 Å². The van der Waals surface area contributed by atoms with Crippen molar-refractivity contribution in [1.29, 1.82) is 0 Å². The van der Waals surface area contributed by atoms with Crippen molar-refractivity contribution in [2.75, 3.05) is 18.9 Å². The van der Waals surface area contributed by atoms with Crippen LogP contribution < -0.4 is 5.73 Å². The Kier molecular flexibility index (Phi) is 3.20. The lowest BCUT2D eigenvalue weighted by molar-refractivity contribution is 0.193. The number of rotatable bonds is 4. The molecule has 3 heterocycles. The van der Waals surface area contributed by atoms with Crippen LogP contribution in [0.2, 0.25) is 0 Å². The summed E-state index contributed by atoms with van der Waals surface area (Å²) in [5.41, 5.74) is 6.55. The van der Waals surface area contributed by atoms with Crippen molar-refractivity contribution in [2.24, 2.45) is 0 Å². The van der Waals surface area contributed by atoms with Crippen LogP contribution in [-0.2, 0) is 17.7 Å². The van der Waals surface area contributed by atoms with Gasteiger partial charge in [0, 0.05) is 31.7 Å². The summed E-state index contributed by atoms with van der Waals surface area (Å²) in [5, 5.41) is 17.5. The Balaban J connectivity index is 1.59. The van der Waals surface area contributed by atoms with E-state index in [1.807, 2.05) is 10.9 Å². The molecular weight excluding hydrogens is 252 g/mol. The van der Waals surface area contributed by atoms with Gasteiger partial charge in [0.25, 0.3) is 0 Å². The Morgan fingerprint density at radius 2 is 2.39 bits per heavy atom. The Morgan fingerprint density at radius 1 is 1.44 bits per heavy atom. The van der Waals surface area contributed by atoms with Gasteiger partial charge >= 0.3 is 0 Å². The number of nitrogens with zero attached hydrogens (tertiary/aromatic N) is 5. The molecule has 3 rings (SSSR count). The van der Waals surface area contributed by atoms with Crippen molar-refractivity contribution in [3.8, 4) is 0 Å². The third-order valence-electron chi connectivity index (χ3n) is 2.94. The highest BCUT2D eigenvalue weighted by Gasteiger charge is 2.20. The lowest BCUT2D eigenvalue weighted by atomic mass is 10.1. The van der Waals surface area contributed by atoms with E-state index in [0.29, 0.717) is 11.0 Å². The maximum Gasteiger partial charge on any atom is 0.203 e. The number of nitrogen functional groups attached to an aromatic ring is 1. The number of aryl methyl sites for hydroxylation is 2. The summed E-state index contributed by atoms with van der Waals surface area (Å²) < 4.78 is 7.18. The van der Waals surface area contributed by atoms with Gasteiger partial charge in [-0.1, -0.05) is 16.6 Å². The van der Waals surface area contributed by atoms with Crippen LogP contribution in [0, 0.1) is 0 Å². The second kappa shape index (κ2) is 4.99. The fourth-order valence-corrected chi connectivity index (χ4v) is 2.55. The second-order valence-corrected chi connectivity index (χ2v) is 5.34. The van der Waals surface area contributed by atoms with Gasteiger partial charge in [-0.15, -0.1) is 15.3 Å². The normalized spacial score (nSPS) is 19.4. The molecule has 0 radical (unpaired) electrons. The van der Waals surface area contributed by atoms with Gasteiger partial charge < -0.3 is 10.5 Å². The zero-order valence-electron chi connectivity index (χ0n) is 9.82. The molecule has 0 saturated carbocycles. The summed E-state index contributed by atoms with van der Waals surface area (Å²) in [5.74, 6) is 0.399. The molecule has 1 unspecified atom stereocenters. The molecule has 2 N–H and O–H groups in total. The molecule has 8 heteroatoms. The topological polar surface area (TPSA) is 91.7 Å². The fourth-order valence-electron chi connectivity index (χ4n) is 1.96. The van der Waals surface area contributed by atoms with E-state index in [0.717, 1.165) is 43.3 Å². The molecule has 1 aliphatic rings. The van der Waals surface area contributed by atoms with Gasteiger partial charge in [0.2, 0.25) is 5.13 Å². The first-order valence-electron chi connectivity index (χ1n) is 5.87. The van der Waals surface area contributed by atoms with E-state index in [-0.39, 0.29) is 0 Å². The zero-order chi connectivity index (χ0) is 12.4. The van der Waals surface area contributed by atoms with Crippen LogP contribution in [0.1, 0.15) is 23.0 Å². The van der Waals surface area contributed by atoms with E-state index in [1.165, 1.54) is 11.3 Å². The molecule has 1 saturated heterocycles. The van der Waals surface area contributed by atoms with E-state index >= 15 is 0 Å². The average molecular weight is 266 g/mol. The van der Waals surface area contributed by atoms with Gasteiger partial charge in [-0.3, -0.25) is 4.68 Å². The summed E-state index contributed by atoms with van der Waals surface area (Å²) in [6.45, 7) is 2.32. The van der Waals surface area contributed by atoms with Crippen molar-refractivity contribution < 1.29 is 4.74 Å². The number of anilines is 1. The average Bonchev–Trinajstić information content (AvgIpc) is 3.07. The molecule has 96 valence electrons. The SMILES string of the molecule is Nc1nnc(CCn2cc(C3CCOC3)nn2)s1. The first-order valence-corrected chi connectivity index (χ1v) is 6.68. The maximum absolute atomic E-state index is 5.53. The fraction of sp³-hybridized carbons (Fsp3) is 0.600. The first kappa shape index (κ1) is 11.5. The first-order chi connectivity index (χ1) is 8.81. The molecule has 0 spiro atoms. The molecule has 18 heavy (non-hydrogen) atoms. The molecule has 1 aliphatic heterocycles. The number of hydrogen-bond donors (Lipinski definition) is 1. The van der Waals surface area contributed by atoms with Crippen molar-refractivity contribution >= 4 is 16.5 Å². The molecule has 1 atom stereocenters. The highest BCUT2D eigenvalue weighted by atomic mass is 32.1. The van der Waals surface area contributed by atoms with Crippen LogP contribution in [0.4, 0.5) is 5.13 Å². The van der Waals surface area contributed by atoms with Crippen molar-refractivity contribution in [2.45, 2.75) is 25.3 Å². The van der Waals surface area contributed by atoms with E-state index in [9.17, 15) is 0 Å². The second-order valence-electron chi connectivity index (χ2n) is 4.25. The highest BCUT2D eigenvalue weighted by molar-refractivity contribution is 7.15. The van der Waals surface area contributed by atoms with Crippen molar-refractivity contribution in [1.82, 2.24) is 25.2 Å². The van der Waals surface area contributed by atoms with Crippen LogP contribution >= 0.6 is 11.3 Å². The highest BCUT2D eigenvalue weighted by Crippen LogP contribution is 2.22. The number of nitrogens with two attached hydrogens (primary N) is 1. The van der Waals surface area contributed by atoms with Gasteiger partial charge in [0.15, 0.2) is 0 Å². The molecule has 2 aromatic heterocycles. The Morgan fingerprint density at radius 3 is 3.11 bits per heavy atom. The van der Waals surface area contributed by atoms with Crippen LogP contribution in [0.3, 0.4) is 0 Å². The molecular formula is C10H14N6OS. The van der Waals surface area contributed by atoms with Crippen LogP contribution in [0.15, 0.2) is 6.20 Å². The minimum Gasteiger partial charge on any atom is -0.381 e. The molecule has 0 amide bonds. The van der Waals surface area contributed by atoms with Gasteiger partial charge in [0.1, 0.15) is 5.01 Å². The zero-order valence-corrected chi connectivity index (χ0v) is 10.6. The van der Waals surface area contributed by atoms with E-state index in [1.54, 1.807) is 0 Å². The summed E-state index contributed by atoms with van der Waals surface area (Å²) in [6.07, 6.45) is 3.80. The molecule has 2 aromatic rings. The predicted octanol–water partition coefficient (Wildman–Crippen LogP) is 0.458. The summed E-state index contributed by atoms with van der Waals surface area (Å²) in [4.78, 5) is 0. The quantitative estimate of drug-likeness (QED) is 0.864.